The molecule has 1 aliphatic rings. The molecule has 1 aliphatic carbocycles. The highest BCUT2D eigenvalue weighted by Crippen LogP contribution is 2.41. The van der Waals surface area contributed by atoms with Crippen molar-refractivity contribution in [1.82, 2.24) is 10.3 Å². The fourth-order valence-electron chi connectivity index (χ4n) is 4.80. The van der Waals surface area contributed by atoms with Gasteiger partial charge in [0, 0.05) is 24.0 Å². The summed E-state index contributed by atoms with van der Waals surface area (Å²) >= 11 is 0. The highest BCUT2D eigenvalue weighted by atomic mass is 28.4. The third-order valence-electron chi connectivity index (χ3n) is 8.09. The summed E-state index contributed by atoms with van der Waals surface area (Å²) in [6.07, 6.45) is 1.89. The maximum absolute atomic E-state index is 12.3. The quantitative estimate of drug-likeness (QED) is 0.274. The van der Waals surface area contributed by atoms with Gasteiger partial charge in [-0.05, 0) is 60.7 Å². The summed E-state index contributed by atoms with van der Waals surface area (Å²) in [6, 6.07) is 17.4. The summed E-state index contributed by atoms with van der Waals surface area (Å²) < 4.78 is 13.1. The number of aliphatic carboxylic acids is 1. The number of hydrogen-bond donors (Lipinski definition) is 3. The molecule has 0 bridgehead atoms. The minimum atomic E-state index is -2.17. The maximum atomic E-state index is 12.3. The van der Waals surface area contributed by atoms with Crippen molar-refractivity contribution in [2.24, 2.45) is 5.92 Å². The van der Waals surface area contributed by atoms with Gasteiger partial charge >= 0.3 is 5.97 Å². The number of benzene rings is 2. The molecule has 204 valence electrons. The second-order valence-electron chi connectivity index (χ2n) is 11.9. The van der Waals surface area contributed by atoms with Crippen LogP contribution in [0, 0.1) is 5.92 Å². The molecular formula is C30H40N2O5Si. The molecular weight excluding hydrogens is 496 g/mol. The van der Waals surface area contributed by atoms with Crippen LogP contribution < -0.4 is 15.6 Å². The van der Waals surface area contributed by atoms with Crippen molar-refractivity contribution in [3.05, 3.63) is 76.1 Å². The molecule has 4 rings (SSSR count). The molecule has 0 amide bonds. The summed E-state index contributed by atoms with van der Waals surface area (Å²) in [5, 5.41) is 13.9. The Kier molecular flexibility index (Phi) is 8.45. The first-order valence-electron chi connectivity index (χ1n) is 13.4. The van der Waals surface area contributed by atoms with Gasteiger partial charge in [0.05, 0.1) is 17.5 Å². The fraction of sp³-hybridized carbons (Fsp3) is 0.467. The molecule has 1 heterocycles. The SMILES string of the molecule is CC(C)(C)[Si](C)(C)O[C@@H](CN[C@H]1CC[C@@H](C(=O)O)C1)c1ccc(OCc2ccccc2)c2[nH]c(=O)ccc12. The van der Waals surface area contributed by atoms with Gasteiger partial charge in [0.1, 0.15) is 12.4 Å². The lowest BCUT2D eigenvalue weighted by Crippen LogP contribution is -2.44. The van der Waals surface area contributed by atoms with Crippen molar-refractivity contribution < 1.29 is 19.1 Å². The Morgan fingerprint density at radius 1 is 1.11 bits per heavy atom. The van der Waals surface area contributed by atoms with Gasteiger partial charge in [0.2, 0.25) is 5.56 Å². The van der Waals surface area contributed by atoms with Crippen LogP contribution in [0.25, 0.3) is 10.9 Å². The molecule has 0 radical (unpaired) electrons. The van der Waals surface area contributed by atoms with E-state index in [-0.39, 0.29) is 28.7 Å². The van der Waals surface area contributed by atoms with Gasteiger partial charge < -0.3 is 24.6 Å². The number of aromatic nitrogens is 1. The molecule has 3 aromatic rings. The number of hydrogen-bond acceptors (Lipinski definition) is 5. The van der Waals surface area contributed by atoms with Gasteiger partial charge in [-0.25, -0.2) is 0 Å². The van der Waals surface area contributed by atoms with Crippen LogP contribution in [-0.4, -0.2) is 37.0 Å². The molecule has 1 fully saturated rings. The molecule has 8 heteroatoms. The molecule has 0 aliphatic heterocycles. The first kappa shape index (κ1) is 28.1. The summed E-state index contributed by atoms with van der Waals surface area (Å²) in [7, 11) is -2.17. The average Bonchev–Trinajstić information content (AvgIpc) is 3.34. The van der Waals surface area contributed by atoms with Gasteiger partial charge in [0.15, 0.2) is 8.32 Å². The number of rotatable bonds is 10. The van der Waals surface area contributed by atoms with Gasteiger partial charge in [-0.15, -0.1) is 0 Å². The molecule has 38 heavy (non-hydrogen) atoms. The minimum Gasteiger partial charge on any atom is -0.487 e. The third kappa shape index (κ3) is 6.54. The molecule has 0 saturated heterocycles. The predicted molar refractivity (Wildman–Crippen MR) is 153 cm³/mol. The molecule has 7 nitrogen and oxygen atoms in total. The number of fused-ring (bicyclic) bond motifs is 1. The minimum absolute atomic E-state index is 0.00979. The summed E-state index contributed by atoms with van der Waals surface area (Å²) in [5.74, 6) is -0.395. The van der Waals surface area contributed by atoms with E-state index < -0.39 is 14.3 Å². The number of nitrogens with one attached hydrogen (secondary N) is 2. The largest absolute Gasteiger partial charge is 0.487 e. The van der Waals surface area contributed by atoms with Crippen LogP contribution in [-0.2, 0) is 15.8 Å². The Labute approximate surface area is 225 Å². The highest BCUT2D eigenvalue weighted by Gasteiger charge is 2.40. The lowest BCUT2D eigenvalue weighted by atomic mass is 10.0. The summed E-state index contributed by atoms with van der Waals surface area (Å²) in [4.78, 5) is 26.8. The molecule has 1 aromatic heterocycles. The standard InChI is InChI=1S/C30H40N2O5Si/c1-30(2,3)38(4,5)37-26(18-31-22-12-11-21(17-22)29(34)35)23-13-15-25(28-24(23)14-16-27(33)32-28)36-19-20-9-7-6-8-10-20/h6-10,13-16,21-22,26,31H,11-12,17-19H2,1-5H3,(H,32,33)(H,34,35)/t21-,22+,26+/m1/s1. The molecule has 0 spiro atoms. The lowest BCUT2D eigenvalue weighted by Gasteiger charge is -2.40. The second kappa shape index (κ2) is 11.4. The Balaban J connectivity index is 1.66. The smallest absolute Gasteiger partial charge is 0.306 e. The topological polar surface area (TPSA) is 101 Å². The Hall–Kier alpha value is -2.94. The van der Waals surface area contributed by atoms with E-state index in [1.54, 1.807) is 0 Å². The van der Waals surface area contributed by atoms with E-state index in [2.05, 4.69) is 44.2 Å². The molecule has 3 N–H and O–H groups in total. The number of carboxylic acids is 1. The summed E-state index contributed by atoms with van der Waals surface area (Å²) in [5.41, 5.74) is 2.49. The molecule has 2 aromatic carbocycles. The van der Waals surface area contributed by atoms with Crippen LogP contribution in [0.1, 0.15) is 57.3 Å². The number of H-pyrrole nitrogens is 1. The van der Waals surface area contributed by atoms with Gasteiger partial charge in [0.25, 0.3) is 0 Å². The van der Waals surface area contributed by atoms with Crippen molar-refractivity contribution in [1.29, 1.82) is 0 Å². The third-order valence-corrected chi connectivity index (χ3v) is 12.6. The number of carboxylic acid groups (broad SMARTS) is 1. The molecule has 0 unspecified atom stereocenters. The van der Waals surface area contributed by atoms with E-state index in [1.165, 1.54) is 6.07 Å². The monoisotopic (exact) mass is 536 g/mol. The van der Waals surface area contributed by atoms with E-state index in [1.807, 2.05) is 48.5 Å². The van der Waals surface area contributed by atoms with Crippen LogP contribution >= 0.6 is 0 Å². The van der Waals surface area contributed by atoms with Gasteiger partial charge in [-0.1, -0.05) is 57.2 Å². The zero-order valence-corrected chi connectivity index (χ0v) is 24.0. The van der Waals surface area contributed by atoms with Crippen molar-refractivity contribution in [2.75, 3.05) is 6.54 Å². The Morgan fingerprint density at radius 3 is 2.50 bits per heavy atom. The maximum Gasteiger partial charge on any atom is 0.306 e. The second-order valence-corrected chi connectivity index (χ2v) is 16.6. The predicted octanol–water partition coefficient (Wildman–Crippen LogP) is 6.01. The highest BCUT2D eigenvalue weighted by molar-refractivity contribution is 6.74. The van der Waals surface area contributed by atoms with Crippen LogP contribution in [0.5, 0.6) is 5.75 Å². The molecule has 3 atom stereocenters. The van der Waals surface area contributed by atoms with Crippen molar-refractivity contribution in [3.8, 4) is 5.75 Å². The Morgan fingerprint density at radius 2 is 1.84 bits per heavy atom. The fourth-order valence-corrected chi connectivity index (χ4v) is 6.07. The number of aromatic amines is 1. The van der Waals surface area contributed by atoms with Gasteiger partial charge in [-0.2, -0.15) is 0 Å². The van der Waals surface area contributed by atoms with E-state index in [9.17, 15) is 14.7 Å². The Bertz CT molecular complexity index is 1320. The first-order chi connectivity index (χ1) is 17.9. The normalized spacial score (nSPS) is 19.0. The van der Waals surface area contributed by atoms with E-state index in [0.717, 1.165) is 22.9 Å². The van der Waals surface area contributed by atoms with E-state index in [4.69, 9.17) is 9.16 Å². The van der Waals surface area contributed by atoms with Gasteiger partial charge in [-0.3, -0.25) is 9.59 Å². The zero-order valence-electron chi connectivity index (χ0n) is 23.0. The van der Waals surface area contributed by atoms with Crippen molar-refractivity contribution >= 4 is 25.2 Å². The molecule has 1 saturated carbocycles. The first-order valence-corrected chi connectivity index (χ1v) is 16.3. The van der Waals surface area contributed by atoms with Crippen molar-refractivity contribution in [3.63, 3.8) is 0 Å². The zero-order chi connectivity index (χ0) is 27.5. The van der Waals surface area contributed by atoms with Crippen LogP contribution in [0.2, 0.25) is 18.1 Å². The van der Waals surface area contributed by atoms with Crippen LogP contribution in [0.3, 0.4) is 0 Å². The average molecular weight is 537 g/mol. The van der Waals surface area contributed by atoms with Crippen LogP contribution in [0.4, 0.5) is 0 Å². The lowest BCUT2D eigenvalue weighted by molar-refractivity contribution is -0.141. The number of pyridine rings is 1. The van der Waals surface area contributed by atoms with Crippen molar-refractivity contribution in [2.45, 2.75) is 76.9 Å². The van der Waals surface area contributed by atoms with E-state index >= 15 is 0 Å². The van der Waals surface area contributed by atoms with E-state index in [0.29, 0.717) is 37.3 Å². The number of ether oxygens (including phenoxy) is 1. The van der Waals surface area contributed by atoms with Crippen LogP contribution in [0.15, 0.2) is 59.4 Å². The number of carbonyl (C=O) groups is 1. The summed E-state index contributed by atoms with van der Waals surface area (Å²) in [6.45, 7) is 12.1.